The molecule has 0 saturated carbocycles. The number of hydrogen-bond acceptors (Lipinski definition) is 7. The van der Waals surface area contributed by atoms with Crippen molar-refractivity contribution in [3.05, 3.63) is 54.2 Å². The van der Waals surface area contributed by atoms with Crippen LogP contribution in [0.5, 0.6) is 11.5 Å². The van der Waals surface area contributed by atoms with E-state index < -0.39 is 0 Å². The summed E-state index contributed by atoms with van der Waals surface area (Å²) in [5.41, 5.74) is 2.82. The van der Waals surface area contributed by atoms with E-state index in [0.29, 0.717) is 29.6 Å². The van der Waals surface area contributed by atoms with Crippen molar-refractivity contribution < 1.29 is 14.3 Å². The van der Waals surface area contributed by atoms with E-state index in [1.165, 1.54) is 0 Å². The molecule has 0 spiro atoms. The van der Waals surface area contributed by atoms with Gasteiger partial charge in [-0.3, -0.25) is 4.79 Å². The van der Waals surface area contributed by atoms with Crippen molar-refractivity contribution >= 4 is 34.7 Å². The molecule has 162 valence electrons. The molecule has 3 aromatic rings. The molecule has 0 fully saturated rings. The van der Waals surface area contributed by atoms with Gasteiger partial charge >= 0.3 is 0 Å². The average molecular weight is 422 g/mol. The Labute approximate surface area is 182 Å². The van der Waals surface area contributed by atoms with Crippen molar-refractivity contribution in [3.63, 3.8) is 0 Å². The Hall–Kier alpha value is -3.81. The van der Waals surface area contributed by atoms with E-state index >= 15 is 0 Å². The summed E-state index contributed by atoms with van der Waals surface area (Å²) < 4.78 is 10.4. The highest BCUT2D eigenvalue weighted by Gasteiger charge is 2.15. The number of hydrogen-bond donors (Lipinski definition) is 3. The minimum Gasteiger partial charge on any atom is -0.497 e. The molecule has 0 atom stereocenters. The quantitative estimate of drug-likeness (QED) is 0.446. The standard InChI is InChI=1S/C23H27N5O3/c1-5-6-20(29)27-21-15(2)24-23(26-17-9-13-19(31-4)14-10-17)28-22(21)25-16-7-11-18(30-3)12-8-16/h7-14H,5-6H2,1-4H3,(H,27,29)(H2,24,25,26,28). The zero-order valence-electron chi connectivity index (χ0n) is 18.2. The van der Waals surface area contributed by atoms with Crippen LogP contribution in [-0.4, -0.2) is 30.1 Å². The highest BCUT2D eigenvalue weighted by Crippen LogP contribution is 2.29. The van der Waals surface area contributed by atoms with Gasteiger partial charge in [-0.2, -0.15) is 4.98 Å². The Kier molecular flexibility index (Phi) is 7.26. The molecule has 0 bridgehead atoms. The van der Waals surface area contributed by atoms with E-state index in [1.807, 2.05) is 62.4 Å². The lowest BCUT2D eigenvalue weighted by Crippen LogP contribution is -2.15. The lowest BCUT2D eigenvalue weighted by molar-refractivity contribution is -0.116. The van der Waals surface area contributed by atoms with Gasteiger partial charge in [0.15, 0.2) is 5.82 Å². The zero-order chi connectivity index (χ0) is 22.2. The molecule has 1 amide bonds. The molecule has 31 heavy (non-hydrogen) atoms. The Morgan fingerprint density at radius 1 is 0.871 bits per heavy atom. The van der Waals surface area contributed by atoms with Crippen LogP contribution in [0.1, 0.15) is 25.5 Å². The number of benzene rings is 2. The summed E-state index contributed by atoms with van der Waals surface area (Å²) in [6.07, 6.45) is 1.18. The van der Waals surface area contributed by atoms with Gasteiger partial charge in [-0.25, -0.2) is 4.98 Å². The van der Waals surface area contributed by atoms with Crippen molar-refractivity contribution in [2.45, 2.75) is 26.7 Å². The fraction of sp³-hybridized carbons (Fsp3) is 0.261. The predicted octanol–water partition coefficient (Wildman–Crippen LogP) is 5.03. The van der Waals surface area contributed by atoms with Gasteiger partial charge < -0.3 is 25.4 Å². The van der Waals surface area contributed by atoms with Crippen LogP contribution in [0.4, 0.5) is 28.8 Å². The van der Waals surface area contributed by atoms with E-state index in [-0.39, 0.29) is 5.91 Å². The number of nitrogens with one attached hydrogen (secondary N) is 3. The molecule has 1 heterocycles. The number of rotatable bonds is 9. The Bertz CT molecular complexity index is 1020. The number of aryl methyl sites for hydroxylation is 1. The minimum absolute atomic E-state index is 0.0807. The molecule has 0 aliphatic heterocycles. The number of nitrogens with zero attached hydrogens (tertiary/aromatic N) is 2. The Morgan fingerprint density at radius 3 is 1.94 bits per heavy atom. The van der Waals surface area contributed by atoms with E-state index in [2.05, 4.69) is 25.9 Å². The molecule has 0 aliphatic rings. The lowest BCUT2D eigenvalue weighted by Gasteiger charge is -2.16. The topological polar surface area (TPSA) is 97.4 Å². The largest absolute Gasteiger partial charge is 0.497 e. The number of carbonyl (C=O) groups excluding carboxylic acids is 1. The maximum atomic E-state index is 12.3. The molecule has 3 N–H and O–H groups in total. The highest BCUT2D eigenvalue weighted by molar-refractivity contribution is 5.95. The molecule has 0 radical (unpaired) electrons. The molecule has 3 rings (SSSR count). The van der Waals surface area contributed by atoms with Gasteiger partial charge in [-0.05, 0) is 61.9 Å². The van der Waals surface area contributed by atoms with Crippen molar-refractivity contribution in [3.8, 4) is 11.5 Å². The average Bonchev–Trinajstić information content (AvgIpc) is 2.77. The fourth-order valence-electron chi connectivity index (χ4n) is 2.91. The van der Waals surface area contributed by atoms with Gasteiger partial charge in [-0.1, -0.05) is 6.92 Å². The van der Waals surface area contributed by atoms with Gasteiger partial charge in [0, 0.05) is 17.8 Å². The van der Waals surface area contributed by atoms with Crippen molar-refractivity contribution in [1.29, 1.82) is 0 Å². The van der Waals surface area contributed by atoms with Gasteiger partial charge in [0.1, 0.15) is 17.2 Å². The zero-order valence-corrected chi connectivity index (χ0v) is 18.2. The molecule has 2 aromatic carbocycles. The summed E-state index contributed by atoms with van der Waals surface area (Å²) in [6, 6.07) is 14.9. The SMILES string of the molecule is CCCC(=O)Nc1c(C)nc(Nc2ccc(OC)cc2)nc1Nc1ccc(OC)cc1. The van der Waals surface area contributed by atoms with Crippen LogP contribution in [0.3, 0.4) is 0 Å². The number of amides is 1. The summed E-state index contributed by atoms with van der Waals surface area (Å²) in [5.74, 6) is 2.34. The number of methoxy groups -OCH3 is 2. The van der Waals surface area contributed by atoms with Crippen LogP contribution in [0, 0.1) is 6.92 Å². The third-order valence-electron chi connectivity index (χ3n) is 4.53. The van der Waals surface area contributed by atoms with Gasteiger partial charge in [0.2, 0.25) is 11.9 Å². The highest BCUT2D eigenvalue weighted by atomic mass is 16.5. The van der Waals surface area contributed by atoms with Gasteiger partial charge in [-0.15, -0.1) is 0 Å². The summed E-state index contributed by atoms with van der Waals surface area (Å²) in [7, 11) is 3.24. The molecule has 0 unspecified atom stereocenters. The van der Waals surface area contributed by atoms with Crippen LogP contribution in [-0.2, 0) is 4.79 Å². The summed E-state index contributed by atoms with van der Waals surface area (Å²) in [5, 5.41) is 9.40. The third-order valence-corrected chi connectivity index (χ3v) is 4.53. The first-order valence-corrected chi connectivity index (χ1v) is 10.0. The van der Waals surface area contributed by atoms with E-state index in [4.69, 9.17) is 9.47 Å². The smallest absolute Gasteiger partial charge is 0.229 e. The summed E-state index contributed by atoms with van der Waals surface area (Å²) >= 11 is 0. The number of aromatic nitrogens is 2. The van der Waals surface area contributed by atoms with Gasteiger partial charge in [0.25, 0.3) is 0 Å². The molecule has 8 nitrogen and oxygen atoms in total. The number of carbonyl (C=O) groups is 1. The Balaban J connectivity index is 1.92. The van der Waals surface area contributed by atoms with Crippen LogP contribution in [0.15, 0.2) is 48.5 Å². The second kappa shape index (κ2) is 10.3. The first-order chi connectivity index (χ1) is 15.0. The maximum absolute atomic E-state index is 12.3. The molecule has 0 aliphatic carbocycles. The van der Waals surface area contributed by atoms with Crippen LogP contribution < -0.4 is 25.4 Å². The maximum Gasteiger partial charge on any atom is 0.229 e. The first-order valence-electron chi connectivity index (χ1n) is 10.0. The molecule has 0 saturated heterocycles. The number of ether oxygens (including phenoxy) is 2. The Morgan fingerprint density at radius 2 is 1.42 bits per heavy atom. The normalized spacial score (nSPS) is 10.3. The summed E-state index contributed by atoms with van der Waals surface area (Å²) in [4.78, 5) is 21.4. The van der Waals surface area contributed by atoms with Crippen LogP contribution in [0.2, 0.25) is 0 Å². The second-order valence-electron chi connectivity index (χ2n) is 6.86. The first kappa shape index (κ1) is 21.9. The van der Waals surface area contributed by atoms with Crippen molar-refractivity contribution in [2.75, 3.05) is 30.2 Å². The third kappa shape index (κ3) is 5.85. The van der Waals surface area contributed by atoms with E-state index in [1.54, 1.807) is 14.2 Å². The van der Waals surface area contributed by atoms with Crippen molar-refractivity contribution in [1.82, 2.24) is 9.97 Å². The van der Waals surface area contributed by atoms with Crippen LogP contribution >= 0.6 is 0 Å². The van der Waals surface area contributed by atoms with E-state index in [0.717, 1.165) is 29.3 Å². The van der Waals surface area contributed by atoms with Gasteiger partial charge in [0.05, 0.1) is 19.9 Å². The van der Waals surface area contributed by atoms with Crippen molar-refractivity contribution in [2.24, 2.45) is 0 Å². The predicted molar refractivity (Wildman–Crippen MR) is 123 cm³/mol. The number of anilines is 5. The van der Waals surface area contributed by atoms with E-state index in [9.17, 15) is 4.79 Å². The molecular weight excluding hydrogens is 394 g/mol. The lowest BCUT2D eigenvalue weighted by atomic mass is 10.2. The second-order valence-corrected chi connectivity index (χ2v) is 6.86. The van der Waals surface area contributed by atoms with Crippen LogP contribution in [0.25, 0.3) is 0 Å². The molecule has 1 aromatic heterocycles. The summed E-state index contributed by atoms with van der Waals surface area (Å²) in [6.45, 7) is 3.79. The monoisotopic (exact) mass is 421 g/mol. The molecular formula is C23H27N5O3. The molecule has 8 heteroatoms. The minimum atomic E-state index is -0.0807. The fourth-order valence-corrected chi connectivity index (χ4v) is 2.91.